The van der Waals surface area contributed by atoms with Crippen LogP contribution >= 0.6 is 0 Å². The van der Waals surface area contributed by atoms with E-state index in [2.05, 4.69) is 0 Å². The molecule has 5 heteroatoms. The quantitative estimate of drug-likeness (QED) is 0.748. The first-order chi connectivity index (χ1) is 6.38. The summed E-state index contributed by atoms with van der Waals surface area (Å²) < 4.78 is 29.8. The van der Waals surface area contributed by atoms with Crippen LogP contribution in [0.25, 0.3) is 0 Å². The van der Waals surface area contributed by atoms with Gasteiger partial charge in [-0.2, -0.15) is 8.42 Å². The van der Waals surface area contributed by atoms with Crippen molar-refractivity contribution in [1.29, 1.82) is 0 Å². The predicted octanol–water partition coefficient (Wildman–Crippen LogP) is 1.38. The zero-order chi connectivity index (χ0) is 10.8. The zero-order valence-corrected chi connectivity index (χ0v) is 8.53. The van der Waals surface area contributed by atoms with Crippen molar-refractivity contribution in [2.24, 2.45) is 0 Å². The standard InChI is InChI=1S/C9H12O4S/c1-7(6-14(11,12)13)8-3-2-4-9(10)5-8/h2-5,7,10H,6H2,1H3,(H,11,12,13). The highest BCUT2D eigenvalue weighted by atomic mass is 32.2. The third-order valence-corrected chi connectivity index (χ3v) is 2.82. The lowest BCUT2D eigenvalue weighted by atomic mass is 10.0. The largest absolute Gasteiger partial charge is 0.508 e. The van der Waals surface area contributed by atoms with Crippen LogP contribution in [0.3, 0.4) is 0 Å². The van der Waals surface area contributed by atoms with Gasteiger partial charge in [0, 0.05) is 0 Å². The van der Waals surface area contributed by atoms with Crippen LogP contribution in [0.4, 0.5) is 0 Å². The summed E-state index contributed by atoms with van der Waals surface area (Å²) in [5.41, 5.74) is 0.683. The van der Waals surface area contributed by atoms with Crippen LogP contribution in [0.15, 0.2) is 24.3 Å². The molecule has 1 aromatic carbocycles. The van der Waals surface area contributed by atoms with Crippen molar-refractivity contribution in [3.8, 4) is 5.75 Å². The minimum Gasteiger partial charge on any atom is -0.508 e. The Hall–Kier alpha value is -1.07. The maximum Gasteiger partial charge on any atom is 0.265 e. The van der Waals surface area contributed by atoms with E-state index >= 15 is 0 Å². The van der Waals surface area contributed by atoms with Crippen molar-refractivity contribution in [1.82, 2.24) is 0 Å². The minimum absolute atomic E-state index is 0.0877. The molecule has 0 aliphatic rings. The Morgan fingerprint density at radius 2 is 2.07 bits per heavy atom. The second-order valence-electron chi connectivity index (χ2n) is 3.24. The van der Waals surface area contributed by atoms with Crippen molar-refractivity contribution in [3.63, 3.8) is 0 Å². The molecule has 0 radical (unpaired) electrons. The van der Waals surface area contributed by atoms with Gasteiger partial charge in [0.2, 0.25) is 0 Å². The van der Waals surface area contributed by atoms with Gasteiger partial charge >= 0.3 is 0 Å². The summed E-state index contributed by atoms with van der Waals surface area (Å²) in [6.07, 6.45) is 0. The molecule has 0 aliphatic heterocycles. The van der Waals surface area contributed by atoms with Crippen LogP contribution < -0.4 is 0 Å². The van der Waals surface area contributed by atoms with Crippen LogP contribution in [-0.2, 0) is 10.1 Å². The Morgan fingerprint density at radius 3 is 2.57 bits per heavy atom. The Labute approximate surface area is 82.9 Å². The molecule has 0 saturated carbocycles. The summed E-state index contributed by atoms with van der Waals surface area (Å²) in [5.74, 6) is -0.585. The molecule has 1 unspecified atom stereocenters. The van der Waals surface area contributed by atoms with Gasteiger partial charge in [-0.15, -0.1) is 0 Å². The van der Waals surface area contributed by atoms with E-state index in [0.29, 0.717) is 5.56 Å². The minimum atomic E-state index is -3.97. The lowest BCUT2D eigenvalue weighted by Gasteiger charge is -2.09. The van der Waals surface area contributed by atoms with E-state index in [0.717, 1.165) is 0 Å². The Kier molecular flexibility index (Phi) is 3.13. The molecule has 1 aromatic rings. The van der Waals surface area contributed by atoms with Gasteiger partial charge in [-0.05, 0) is 23.6 Å². The maximum absolute atomic E-state index is 10.6. The molecule has 1 rings (SSSR count). The molecule has 78 valence electrons. The Balaban J connectivity index is 2.85. The number of aromatic hydroxyl groups is 1. The number of hydrogen-bond donors (Lipinski definition) is 2. The van der Waals surface area contributed by atoms with Gasteiger partial charge < -0.3 is 5.11 Å². The smallest absolute Gasteiger partial charge is 0.265 e. The van der Waals surface area contributed by atoms with Gasteiger partial charge in [-0.1, -0.05) is 19.1 Å². The fraction of sp³-hybridized carbons (Fsp3) is 0.333. The summed E-state index contributed by atoms with van der Waals surface area (Å²) in [4.78, 5) is 0. The van der Waals surface area contributed by atoms with E-state index in [4.69, 9.17) is 9.66 Å². The first kappa shape index (κ1) is 11.0. The van der Waals surface area contributed by atoms with Crippen molar-refractivity contribution in [2.75, 3.05) is 5.75 Å². The van der Waals surface area contributed by atoms with Gasteiger partial charge in [0.05, 0.1) is 5.75 Å². The first-order valence-corrected chi connectivity index (χ1v) is 5.73. The monoisotopic (exact) mass is 216 g/mol. The number of phenols is 1. The highest BCUT2D eigenvalue weighted by Gasteiger charge is 2.14. The number of rotatable bonds is 3. The number of benzene rings is 1. The molecule has 0 saturated heterocycles. The second kappa shape index (κ2) is 3.98. The third kappa shape index (κ3) is 3.35. The molecule has 0 heterocycles. The normalized spacial score (nSPS) is 13.9. The van der Waals surface area contributed by atoms with Crippen molar-refractivity contribution < 1.29 is 18.1 Å². The molecule has 1 atom stereocenters. The molecular weight excluding hydrogens is 204 g/mol. The average molecular weight is 216 g/mol. The zero-order valence-electron chi connectivity index (χ0n) is 7.71. The maximum atomic E-state index is 10.6. The molecule has 0 fully saturated rings. The lowest BCUT2D eigenvalue weighted by molar-refractivity contribution is 0.471. The fourth-order valence-electron chi connectivity index (χ4n) is 1.24. The van der Waals surface area contributed by atoms with Gasteiger partial charge in [-0.3, -0.25) is 4.55 Å². The third-order valence-electron chi connectivity index (χ3n) is 1.90. The van der Waals surface area contributed by atoms with Crippen LogP contribution in [0.2, 0.25) is 0 Å². The predicted molar refractivity (Wildman–Crippen MR) is 52.9 cm³/mol. The van der Waals surface area contributed by atoms with E-state index in [1.807, 2.05) is 0 Å². The number of hydrogen-bond acceptors (Lipinski definition) is 3. The Morgan fingerprint density at radius 1 is 1.43 bits per heavy atom. The summed E-state index contributed by atoms with van der Waals surface area (Å²) in [5, 5.41) is 9.15. The summed E-state index contributed by atoms with van der Waals surface area (Å²) in [7, 11) is -3.97. The summed E-state index contributed by atoms with van der Waals surface area (Å²) in [6.45, 7) is 1.67. The SMILES string of the molecule is CC(CS(=O)(=O)O)c1cccc(O)c1. The van der Waals surface area contributed by atoms with Crippen LogP contribution in [-0.4, -0.2) is 23.8 Å². The molecule has 0 amide bonds. The topological polar surface area (TPSA) is 74.6 Å². The highest BCUT2D eigenvalue weighted by molar-refractivity contribution is 7.85. The van der Waals surface area contributed by atoms with Crippen molar-refractivity contribution in [3.05, 3.63) is 29.8 Å². The fourth-order valence-corrected chi connectivity index (χ4v) is 2.07. The molecule has 2 N–H and O–H groups in total. The molecule has 14 heavy (non-hydrogen) atoms. The summed E-state index contributed by atoms with van der Waals surface area (Å²) in [6, 6.07) is 6.32. The van der Waals surface area contributed by atoms with Crippen molar-refractivity contribution in [2.45, 2.75) is 12.8 Å². The van der Waals surface area contributed by atoms with E-state index in [1.165, 1.54) is 12.1 Å². The van der Waals surface area contributed by atoms with E-state index < -0.39 is 10.1 Å². The molecule has 0 spiro atoms. The van der Waals surface area contributed by atoms with Crippen LogP contribution in [0.1, 0.15) is 18.4 Å². The van der Waals surface area contributed by atoms with E-state index in [1.54, 1.807) is 19.1 Å². The van der Waals surface area contributed by atoms with Crippen molar-refractivity contribution >= 4 is 10.1 Å². The average Bonchev–Trinajstić information content (AvgIpc) is 2.01. The first-order valence-electron chi connectivity index (χ1n) is 4.12. The molecule has 0 aromatic heterocycles. The van der Waals surface area contributed by atoms with Gasteiger partial charge in [0.1, 0.15) is 5.75 Å². The highest BCUT2D eigenvalue weighted by Crippen LogP contribution is 2.20. The molecule has 0 aliphatic carbocycles. The second-order valence-corrected chi connectivity index (χ2v) is 4.74. The lowest BCUT2D eigenvalue weighted by Crippen LogP contribution is -2.10. The molecular formula is C9H12O4S. The van der Waals surface area contributed by atoms with Gasteiger partial charge in [-0.25, -0.2) is 0 Å². The molecule has 4 nitrogen and oxygen atoms in total. The number of phenolic OH excluding ortho intramolecular Hbond substituents is 1. The Bertz CT molecular complexity index is 411. The van der Waals surface area contributed by atoms with Crippen LogP contribution in [0, 0.1) is 0 Å². The van der Waals surface area contributed by atoms with E-state index in [9.17, 15) is 8.42 Å². The van der Waals surface area contributed by atoms with Crippen LogP contribution in [0.5, 0.6) is 5.75 Å². The van der Waals surface area contributed by atoms with Gasteiger partial charge in [0.25, 0.3) is 10.1 Å². The van der Waals surface area contributed by atoms with E-state index in [-0.39, 0.29) is 17.4 Å². The summed E-state index contributed by atoms with van der Waals surface area (Å²) >= 11 is 0. The van der Waals surface area contributed by atoms with Gasteiger partial charge in [0.15, 0.2) is 0 Å². The molecule has 0 bridgehead atoms.